The zero-order valence-corrected chi connectivity index (χ0v) is 15.7. The molecule has 3 aromatic rings. The van der Waals surface area contributed by atoms with E-state index in [1.807, 2.05) is 42.2 Å². The molecular weight excluding hydrogens is 338 g/mol. The minimum Gasteiger partial charge on any atom is -0.336 e. The van der Waals surface area contributed by atoms with Crippen LogP contribution in [-0.2, 0) is 0 Å². The zero-order chi connectivity index (χ0) is 19.0. The van der Waals surface area contributed by atoms with Gasteiger partial charge in [-0.1, -0.05) is 12.1 Å². The second-order valence-electron chi connectivity index (χ2n) is 7.21. The molecule has 0 spiro atoms. The molecule has 2 aromatic carbocycles. The third-order valence-corrected chi connectivity index (χ3v) is 5.38. The average Bonchev–Trinajstić information content (AvgIpc) is 2.68. The largest absolute Gasteiger partial charge is 0.336 e. The summed E-state index contributed by atoms with van der Waals surface area (Å²) in [6, 6.07) is 14.9. The molecule has 5 heteroatoms. The van der Waals surface area contributed by atoms with E-state index in [1.165, 1.54) is 6.42 Å². The average molecular weight is 361 g/mol. The van der Waals surface area contributed by atoms with Crippen LogP contribution in [0.1, 0.15) is 42.4 Å². The normalized spacial score (nSPS) is 17.3. The van der Waals surface area contributed by atoms with Crippen molar-refractivity contribution in [3.05, 3.63) is 70.3 Å². The second-order valence-corrected chi connectivity index (χ2v) is 7.21. The van der Waals surface area contributed by atoms with Crippen molar-refractivity contribution in [1.29, 1.82) is 0 Å². The number of para-hydroxylation sites is 1. The highest BCUT2D eigenvalue weighted by Crippen LogP contribution is 2.20. The van der Waals surface area contributed by atoms with Crippen LogP contribution in [0.3, 0.4) is 0 Å². The van der Waals surface area contributed by atoms with Gasteiger partial charge in [-0.05, 0) is 69.5 Å². The molecule has 1 atom stereocenters. The van der Waals surface area contributed by atoms with Crippen LogP contribution in [0.5, 0.6) is 0 Å². The molecule has 0 aliphatic carbocycles. The van der Waals surface area contributed by atoms with Crippen LogP contribution in [0.15, 0.2) is 53.3 Å². The molecule has 1 unspecified atom stereocenters. The summed E-state index contributed by atoms with van der Waals surface area (Å²) in [5, 5.41) is 0.588. The predicted octanol–water partition coefficient (Wildman–Crippen LogP) is 3.71. The molecule has 1 aliphatic rings. The highest BCUT2D eigenvalue weighted by atomic mass is 16.2. The van der Waals surface area contributed by atoms with Gasteiger partial charge in [-0.3, -0.25) is 14.2 Å². The van der Waals surface area contributed by atoms with E-state index in [2.05, 4.69) is 11.9 Å². The SMILES string of the molecule is Cc1nc2ccccc2c(=O)n1-c1ccc(C(=O)N2CCCCC2C)cc1. The van der Waals surface area contributed by atoms with E-state index in [0.717, 1.165) is 25.1 Å². The third-order valence-electron chi connectivity index (χ3n) is 5.38. The molecule has 1 amide bonds. The minimum atomic E-state index is -0.0955. The van der Waals surface area contributed by atoms with Crippen LogP contribution in [0, 0.1) is 6.92 Å². The van der Waals surface area contributed by atoms with Crippen LogP contribution in [0.2, 0.25) is 0 Å². The first-order valence-electron chi connectivity index (χ1n) is 9.46. The maximum Gasteiger partial charge on any atom is 0.265 e. The summed E-state index contributed by atoms with van der Waals surface area (Å²) in [6.07, 6.45) is 3.30. The van der Waals surface area contributed by atoms with E-state index in [0.29, 0.717) is 22.3 Å². The van der Waals surface area contributed by atoms with Crippen molar-refractivity contribution < 1.29 is 4.79 Å². The number of rotatable bonds is 2. The van der Waals surface area contributed by atoms with Crippen LogP contribution < -0.4 is 5.56 Å². The maximum atomic E-state index is 12.9. The van der Waals surface area contributed by atoms with Gasteiger partial charge in [-0.2, -0.15) is 0 Å². The predicted molar refractivity (Wildman–Crippen MR) is 106 cm³/mol. The number of carbonyl (C=O) groups is 1. The summed E-state index contributed by atoms with van der Waals surface area (Å²) in [7, 11) is 0. The first-order valence-corrected chi connectivity index (χ1v) is 9.46. The monoisotopic (exact) mass is 361 g/mol. The number of aryl methyl sites for hydroxylation is 1. The molecule has 1 aliphatic heterocycles. The van der Waals surface area contributed by atoms with Crippen LogP contribution in [0.25, 0.3) is 16.6 Å². The first kappa shape index (κ1) is 17.5. The number of hydrogen-bond donors (Lipinski definition) is 0. The standard InChI is InChI=1S/C22H23N3O2/c1-15-7-5-6-14-24(15)21(26)17-10-12-18(13-11-17)25-16(2)23-20-9-4-3-8-19(20)22(25)27/h3-4,8-13,15H,5-7,14H2,1-2H3. The lowest BCUT2D eigenvalue weighted by molar-refractivity contribution is 0.0635. The van der Waals surface area contributed by atoms with Crippen LogP contribution in [-0.4, -0.2) is 32.9 Å². The molecule has 27 heavy (non-hydrogen) atoms. The molecule has 0 saturated carbocycles. The topological polar surface area (TPSA) is 55.2 Å². The van der Waals surface area contributed by atoms with Crippen LogP contribution in [0.4, 0.5) is 0 Å². The summed E-state index contributed by atoms with van der Waals surface area (Å²) in [6.45, 7) is 4.74. The summed E-state index contributed by atoms with van der Waals surface area (Å²) < 4.78 is 1.60. The quantitative estimate of drug-likeness (QED) is 0.699. The van der Waals surface area contributed by atoms with Crippen molar-refractivity contribution in [2.75, 3.05) is 6.54 Å². The Balaban J connectivity index is 1.70. The van der Waals surface area contributed by atoms with Gasteiger partial charge in [0, 0.05) is 18.2 Å². The molecule has 138 valence electrons. The molecule has 1 aromatic heterocycles. The van der Waals surface area contributed by atoms with Gasteiger partial charge in [-0.25, -0.2) is 4.98 Å². The molecule has 5 nitrogen and oxygen atoms in total. The van der Waals surface area contributed by atoms with E-state index in [-0.39, 0.29) is 17.5 Å². The highest BCUT2D eigenvalue weighted by molar-refractivity contribution is 5.94. The maximum absolute atomic E-state index is 12.9. The van der Waals surface area contributed by atoms with E-state index < -0.39 is 0 Å². The molecule has 1 saturated heterocycles. The third kappa shape index (κ3) is 3.14. The molecular formula is C22H23N3O2. The van der Waals surface area contributed by atoms with Gasteiger partial charge >= 0.3 is 0 Å². The van der Waals surface area contributed by atoms with Gasteiger partial charge in [0.05, 0.1) is 16.6 Å². The van der Waals surface area contributed by atoms with Crippen LogP contribution >= 0.6 is 0 Å². The molecule has 0 radical (unpaired) electrons. The summed E-state index contributed by atoms with van der Waals surface area (Å²) in [5.74, 6) is 0.692. The molecule has 4 rings (SSSR count). The fourth-order valence-electron chi connectivity index (χ4n) is 3.87. The lowest BCUT2D eigenvalue weighted by atomic mass is 10.0. The van der Waals surface area contributed by atoms with Crippen molar-refractivity contribution in [2.45, 2.75) is 39.2 Å². The number of likely N-dealkylation sites (tertiary alicyclic amines) is 1. The Morgan fingerprint density at radius 2 is 1.81 bits per heavy atom. The zero-order valence-electron chi connectivity index (χ0n) is 15.7. The second kappa shape index (κ2) is 6.99. The molecule has 1 fully saturated rings. The van der Waals surface area contributed by atoms with Gasteiger partial charge in [0.25, 0.3) is 11.5 Å². The van der Waals surface area contributed by atoms with Crippen molar-refractivity contribution in [1.82, 2.24) is 14.5 Å². The Kier molecular flexibility index (Phi) is 4.52. The number of fused-ring (bicyclic) bond motifs is 1. The Morgan fingerprint density at radius 1 is 1.07 bits per heavy atom. The molecule has 2 heterocycles. The lowest BCUT2D eigenvalue weighted by Crippen LogP contribution is -2.42. The Morgan fingerprint density at radius 3 is 2.56 bits per heavy atom. The van der Waals surface area contributed by atoms with Crippen molar-refractivity contribution in [2.24, 2.45) is 0 Å². The highest BCUT2D eigenvalue weighted by Gasteiger charge is 2.24. The van der Waals surface area contributed by atoms with Crippen molar-refractivity contribution in [3.8, 4) is 5.69 Å². The molecule has 0 N–H and O–H groups in total. The Hall–Kier alpha value is -2.95. The summed E-state index contributed by atoms with van der Waals surface area (Å²) in [4.78, 5) is 32.2. The summed E-state index contributed by atoms with van der Waals surface area (Å²) >= 11 is 0. The lowest BCUT2D eigenvalue weighted by Gasteiger charge is -2.33. The fourth-order valence-corrected chi connectivity index (χ4v) is 3.87. The van der Waals surface area contributed by atoms with Crippen molar-refractivity contribution >= 4 is 16.8 Å². The van der Waals surface area contributed by atoms with Crippen molar-refractivity contribution in [3.63, 3.8) is 0 Å². The Bertz CT molecular complexity index is 1050. The van der Waals surface area contributed by atoms with E-state index in [1.54, 1.807) is 22.8 Å². The Labute approximate surface area is 158 Å². The fraction of sp³-hybridized carbons (Fsp3) is 0.318. The molecule has 0 bridgehead atoms. The van der Waals surface area contributed by atoms with Gasteiger partial charge in [0.15, 0.2) is 0 Å². The number of nitrogens with zero attached hydrogens (tertiary/aromatic N) is 3. The van der Waals surface area contributed by atoms with Gasteiger partial charge in [0.2, 0.25) is 0 Å². The smallest absolute Gasteiger partial charge is 0.265 e. The van der Waals surface area contributed by atoms with E-state index >= 15 is 0 Å². The minimum absolute atomic E-state index is 0.0643. The van der Waals surface area contributed by atoms with Gasteiger partial charge in [-0.15, -0.1) is 0 Å². The van der Waals surface area contributed by atoms with E-state index in [9.17, 15) is 9.59 Å². The number of piperidine rings is 1. The number of aromatic nitrogens is 2. The number of carbonyl (C=O) groups excluding carboxylic acids is 1. The first-order chi connectivity index (χ1) is 13.1. The number of amides is 1. The van der Waals surface area contributed by atoms with Gasteiger partial charge in [0.1, 0.15) is 5.82 Å². The number of benzene rings is 2. The number of hydrogen-bond acceptors (Lipinski definition) is 3. The van der Waals surface area contributed by atoms with Gasteiger partial charge < -0.3 is 4.90 Å². The summed E-state index contributed by atoms with van der Waals surface area (Å²) in [5.41, 5.74) is 1.98. The van der Waals surface area contributed by atoms with E-state index in [4.69, 9.17) is 0 Å².